The molecule has 0 unspecified atom stereocenters. The molecular weight excluding hydrogens is 619 g/mol. The maximum atomic E-state index is 13.1. The minimum Gasteiger partial charge on any atom is -0.482 e. The number of aryl methyl sites for hydroxylation is 1. The predicted molar refractivity (Wildman–Crippen MR) is 206 cm³/mol. The minimum atomic E-state index is -0.330. The Hall–Kier alpha value is -1.11. The molecule has 0 N–H and O–H groups in total. The summed E-state index contributed by atoms with van der Waals surface area (Å²) in [5.74, 6) is 5.00. The molecule has 4 nitrogen and oxygen atoms in total. The summed E-state index contributed by atoms with van der Waals surface area (Å²) in [6.07, 6.45) is 28.4. The molecule has 0 aliphatic carbocycles. The Bertz CT molecular complexity index is 1090. The smallest absolute Gasteiger partial charge is 0.311 e. The highest BCUT2D eigenvalue weighted by atomic mass is 32.2. The van der Waals surface area contributed by atoms with Gasteiger partial charge in [-0.25, -0.2) is 0 Å². The third-order valence-corrected chi connectivity index (χ3v) is 12.6. The summed E-state index contributed by atoms with van der Waals surface area (Å²) in [5, 5.41) is 0. The van der Waals surface area contributed by atoms with E-state index in [-0.39, 0.29) is 11.6 Å². The molecule has 0 atom stereocenters. The van der Waals surface area contributed by atoms with Gasteiger partial charge >= 0.3 is 5.97 Å². The van der Waals surface area contributed by atoms with Crippen LogP contribution in [0.3, 0.4) is 0 Å². The summed E-state index contributed by atoms with van der Waals surface area (Å²) in [6, 6.07) is 4.39. The number of allylic oxidation sites excluding steroid dienone is 1. The van der Waals surface area contributed by atoms with Gasteiger partial charge in [-0.3, -0.25) is 4.79 Å². The molecule has 47 heavy (non-hydrogen) atoms. The van der Waals surface area contributed by atoms with Crippen LogP contribution in [-0.4, -0.2) is 53.4 Å². The van der Waals surface area contributed by atoms with Gasteiger partial charge in [-0.15, -0.1) is 11.8 Å². The molecule has 4 rings (SSSR count). The molecule has 0 amide bonds. The van der Waals surface area contributed by atoms with Gasteiger partial charge in [0.15, 0.2) is 0 Å². The van der Waals surface area contributed by atoms with Crippen molar-refractivity contribution in [3.8, 4) is 11.5 Å². The average Bonchev–Trinajstić information content (AvgIpc) is 3.56. The van der Waals surface area contributed by atoms with Crippen LogP contribution >= 0.6 is 23.5 Å². The molecule has 1 aromatic rings. The number of esters is 1. The summed E-state index contributed by atoms with van der Waals surface area (Å²) in [4.78, 5) is 16.9. The second kappa shape index (κ2) is 21.9. The number of hydrogen-bond acceptors (Lipinski definition) is 6. The van der Waals surface area contributed by atoms with Crippen molar-refractivity contribution in [2.75, 3.05) is 36.9 Å². The molecule has 3 heterocycles. The van der Waals surface area contributed by atoms with Crippen LogP contribution in [0.2, 0.25) is 0 Å². The molecular formula is C41H67NO3S2. The highest BCUT2D eigenvalue weighted by Gasteiger charge is 2.39. The van der Waals surface area contributed by atoms with Gasteiger partial charge in [0.25, 0.3) is 0 Å². The molecule has 0 radical (unpaired) electrons. The van der Waals surface area contributed by atoms with Crippen LogP contribution in [0.4, 0.5) is 0 Å². The minimum absolute atomic E-state index is 0.110. The molecule has 1 fully saturated rings. The van der Waals surface area contributed by atoms with Gasteiger partial charge in [-0.05, 0) is 69.3 Å². The first-order valence-corrected chi connectivity index (χ1v) is 21.9. The fourth-order valence-corrected chi connectivity index (χ4v) is 9.73. The van der Waals surface area contributed by atoms with Crippen molar-refractivity contribution in [3.63, 3.8) is 0 Å². The van der Waals surface area contributed by atoms with Crippen molar-refractivity contribution in [1.82, 2.24) is 4.90 Å². The van der Waals surface area contributed by atoms with Crippen LogP contribution in [0, 0.1) is 0 Å². The highest BCUT2D eigenvalue weighted by molar-refractivity contribution is 8.03. The van der Waals surface area contributed by atoms with Gasteiger partial charge in [0.05, 0.1) is 5.56 Å². The van der Waals surface area contributed by atoms with Crippen LogP contribution in [0.15, 0.2) is 17.0 Å². The lowest BCUT2D eigenvalue weighted by Gasteiger charge is -2.35. The standard InChI is InChI=1S/C41H67NO3S2/c1-4-5-6-7-8-9-10-11-12-13-14-15-16-17-18-19-20-21-23-34-32-36(44-38(43)24-22-26-42-27-30-46-31-28-42)39-35-25-29-47-40(35)41(2,3)45-37(39)33-34/h32-33H,4-31H2,1-3H3. The monoisotopic (exact) mass is 685 g/mol. The second-order valence-corrected chi connectivity index (χ2v) is 17.1. The van der Waals surface area contributed by atoms with Gasteiger partial charge in [0.1, 0.15) is 17.1 Å². The zero-order valence-corrected chi connectivity index (χ0v) is 32.1. The Labute approximate surface area is 297 Å². The fourth-order valence-electron chi connectivity index (χ4n) is 7.48. The molecule has 3 aliphatic heterocycles. The maximum Gasteiger partial charge on any atom is 0.311 e. The van der Waals surface area contributed by atoms with Crippen molar-refractivity contribution >= 4 is 35.1 Å². The number of fused-ring (bicyclic) bond motifs is 2. The molecule has 1 aromatic carbocycles. The second-order valence-electron chi connectivity index (χ2n) is 14.8. The molecule has 0 spiro atoms. The number of carbonyl (C=O) groups excluding carboxylic acids is 1. The third kappa shape index (κ3) is 13.6. The molecule has 266 valence electrons. The van der Waals surface area contributed by atoms with E-state index in [9.17, 15) is 4.79 Å². The van der Waals surface area contributed by atoms with Crippen LogP contribution in [0.5, 0.6) is 11.5 Å². The number of thioether (sulfide) groups is 2. The van der Waals surface area contributed by atoms with Crippen LogP contribution in [0.1, 0.15) is 167 Å². The Balaban J connectivity index is 1.14. The van der Waals surface area contributed by atoms with Gasteiger partial charge in [-0.1, -0.05) is 116 Å². The van der Waals surface area contributed by atoms with E-state index in [4.69, 9.17) is 9.47 Å². The number of hydrogen-bond donors (Lipinski definition) is 0. The van der Waals surface area contributed by atoms with Gasteiger partial charge in [0.2, 0.25) is 0 Å². The van der Waals surface area contributed by atoms with Crippen molar-refractivity contribution < 1.29 is 14.3 Å². The van der Waals surface area contributed by atoms with E-state index in [1.54, 1.807) is 0 Å². The molecule has 3 aliphatic rings. The highest BCUT2D eigenvalue weighted by Crippen LogP contribution is 2.54. The van der Waals surface area contributed by atoms with E-state index in [2.05, 4.69) is 37.8 Å². The van der Waals surface area contributed by atoms with E-state index in [1.165, 1.54) is 143 Å². The SMILES string of the molecule is CCCCCCCCCCCCCCCCCCCCc1cc(OC(=O)CCCN2CCSCC2)c2c(c1)OC(C)(C)C1=C2CCS1. The predicted octanol–water partition coefficient (Wildman–Crippen LogP) is 12.0. The lowest BCUT2D eigenvalue weighted by atomic mass is 9.90. The Morgan fingerprint density at radius 2 is 1.36 bits per heavy atom. The van der Waals surface area contributed by atoms with Gasteiger partial charge < -0.3 is 14.4 Å². The largest absolute Gasteiger partial charge is 0.482 e. The van der Waals surface area contributed by atoms with Crippen molar-refractivity contribution in [2.24, 2.45) is 0 Å². The van der Waals surface area contributed by atoms with Gasteiger partial charge in [-0.2, -0.15) is 11.8 Å². The van der Waals surface area contributed by atoms with E-state index >= 15 is 0 Å². The zero-order chi connectivity index (χ0) is 33.2. The van der Waals surface area contributed by atoms with Crippen LogP contribution < -0.4 is 9.47 Å². The van der Waals surface area contributed by atoms with Crippen LogP contribution in [-0.2, 0) is 11.2 Å². The molecule has 0 aromatic heterocycles. The molecule has 0 saturated carbocycles. The van der Waals surface area contributed by atoms with Crippen molar-refractivity contribution in [1.29, 1.82) is 0 Å². The Morgan fingerprint density at radius 3 is 1.96 bits per heavy atom. The lowest BCUT2D eigenvalue weighted by Crippen LogP contribution is -2.33. The van der Waals surface area contributed by atoms with E-state index in [0.717, 1.165) is 61.7 Å². The summed E-state index contributed by atoms with van der Waals surface area (Å²) in [5.41, 5.74) is 3.27. The van der Waals surface area contributed by atoms with Gasteiger partial charge in [0, 0.05) is 41.7 Å². The number of rotatable bonds is 24. The van der Waals surface area contributed by atoms with Crippen molar-refractivity contribution in [3.05, 3.63) is 28.2 Å². The normalized spacial score (nSPS) is 17.4. The summed E-state index contributed by atoms with van der Waals surface area (Å²) >= 11 is 3.93. The molecule has 6 heteroatoms. The fraction of sp³-hybridized carbons (Fsp3) is 0.780. The van der Waals surface area contributed by atoms with E-state index in [1.807, 2.05) is 23.5 Å². The molecule has 1 saturated heterocycles. The maximum absolute atomic E-state index is 13.1. The summed E-state index contributed by atoms with van der Waals surface area (Å²) in [6.45, 7) is 9.91. The average molecular weight is 686 g/mol. The number of unbranched alkanes of at least 4 members (excludes halogenated alkanes) is 17. The Kier molecular flexibility index (Phi) is 18.0. The first kappa shape index (κ1) is 38.7. The number of carbonyl (C=O) groups is 1. The van der Waals surface area contributed by atoms with E-state index in [0.29, 0.717) is 6.42 Å². The number of nitrogens with zero attached hydrogens (tertiary/aromatic N) is 1. The van der Waals surface area contributed by atoms with E-state index < -0.39 is 0 Å². The zero-order valence-electron chi connectivity index (χ0n) is 30.4. The summed E-state index contributed by atoms with van der Waals surface area (Å²) < 4.78 is 12.8. The van der Waals surface area contributed by atoms with Crippen molar-refractivity contribution in [2.45, 2.75) is 168 Å². The number of ether oxygens (including phenoxy) is 2. The third-order valence-electron chi connectivity index (χ3n) is 10.2. The van der Waals surface area contributed by atoms with Crippen LogP contribution in [0.25, 0.3) is 5.57 Å². The number of benzene rings is 1. The quantitative estimate of drug-likeness (QED) is 0.0613. The first-order valence-electron chi connectivity index (χ1n) is 19.7. The summed E-state index contributed by atoms with van der Waals surface area (Å²) in [7, 11) is 0. The lowest BCUT2D eigenvalue weighted by molar-refractivity contribution is -0.134. The molecule has 0 bridgehead atoms. The first-order chi connectivity index (χ1) is 23.0. The Morgan fingerprint density at radius 1 is 0.787 bits per heavy atom. The topological polar surface area (TPSA) is 38.8 Å².